The average molecular weight is 260 g/mol. The van der Waals surface area contributed by atoms with Gasteiger partial charge in [0.1, 0.15) is 5.75 Å². The zero-order valence-electron chi connectivity index (χ0n) is 10.8. The number of allylic oxidation sites excluding steroid dienone is 1. The molecule has 0 aliphatic carbocycles. The Hall–Kier alpha value is -2.16. The highest BCUT2D eigenvalue weighted by molar-refractivity contribution is 5.54. The van der Waals surface area contributed by atoms with Gasteiger partial charge in [0.05, 0.1) is 0 Å². The molecule has 3 heteroatoms. The molecule has 2 rings (SSSR count). The van der Waals surface area contributed by atoms with E-state index in [1.54, 1.807) is 36.4 Å². The molecule has 0 aliphatic rings. The van der Waals surface area contributed by atoms with Crippen molar-refractivity contribution >= 4 is 6.08 Å². The van der Waals surface area contributed by atoms with Crippen molar-refractivity contribution < 1.29 is 13.5 Å². The normalized spacial score (nSPS) is 10.1. The average Bonchev–Trinajstić information content (AvgIpc) is 2.34. The van der Waals surface area contributed by atoms with Crippen molar-refractivity contribution in [1.82, 2.24) is 0 Å². The van der Waals surface area contributed by atoms with Gasteiger partial charge in [0, 0.05) is 0 Å². The summed E-state index contributed by atoms with van der Waals surface area (Å²) in [6.45, 7) is 3.73. The van der Waals surface area contributed by atoms with Gasteiger partial charge in [0.25, 0.3) is 0 Å². The number of benzene rings is 2. The standard InChI is InChI=1S/C16H14F2O/c1-11(2)8-12-9-14(17)16(15(18)10-12)19-13-6-4-3-5-7-13/h3-10H,1-2H3. The van der Waals surface area contributed by atoms with Crippen LogP contribution in [0.5, 0.6) is 11.5 Å². The maximum absolute atomic E-state index is 13.9. The van der Waals surface area contributed by atoms with Crippen LogP contribution >= 0.6 is 0 Å². The first-order chi connectivity index (χ1) is 9.06. The molecule has 0 bridgehead atoms. The number of halogens is 2. The molecule has 0 fully saturated rings. The first-order valence-corrected chi connectivity index (χ1v) is 5.93. The Balaban J connectivity index is 2.35. The van der Waals surface area contributed by atoms with Crippen LogP contribution in [0.15, 0.2) is 48.0 Å². The minimum atomic E-state index is -0.712. The van der Waals surface area contributed by atoms with Gasteiger partial charge in [-0.15, -0.1) is 0 Å². The monoisotopic (exact) mass is 260 g/mol. The zero-order valence-corrected chi connectivity index (χ0v) is 10.8. The van der Waals surface area contributed by atoms with Crippen molar-refractivity contribution in [1.29, 1.82) is 0 Å². The molecule has 0 heterocycles. The molecule has 19 heavy (non-hydrogen) atoms. The molecule has 98 valence electrons. The molecule has 0 aromatic heterocycles. The molecule has 0 spiro atoms. The van der Waals surface area contributed by atoms with Crippen LogP contribution in [-0.4, -0.2) is 0 Å². The van der Waals surface area contributed by atoms with Crippen molar-refractivity contribution in [2.24, 2.45) is 0 Å². The summed E-state index contributed by atoms with van der Waals surface area (Å²) in [6, 6.07) is 11.1. The number of para-hydroxylation sites is 1. The Morgan fingerprint density at radius 2 is 1.58 bits per heavy atom. The van der Waals surface area contributed by atoms with E-state index in [4.69, 9.17) is 4.74 Å². The summed E-state index contributed by atoms with van der Waals surface area (Å²) < 4.78 is 32.9. The fourth-order valence-corrected chi connectivity index (χ4v) is 1.70. The molecule has 2 aromatic rings. The lowest BCUT2D eigenvalue weighted by molar-refractivity contribution is 0.407. The second-order valence-corrected chi connectivity index (χ2v) is 4.45. The molecule has 0 saturated heterocycles. The highest BCUT2D eigenvalue weighted by Crippen LogP contribution is 2.29. The van der Waals surface area contributed by atoms with Crippen LogP contribution in [0, 0.1) is 11.6 Å². The maximum Gasteiger partial charge on any atom is 0.198 e. The third-order valence-corrected chi connectivity index (χ3v) is 2.44. The SMILES string of the molecule is CC(C)=Cc1cc(F)c(Oc2ccccc2)c(F)c1. The predicted octanol–water partition coefficient (Wildman–Crippen LogP) is 5.18. The molecule has 2 aromatic carbocycles. The minimum absolute atomic E-state index is 0.378. The Labute approximate surface area is 111 Å². The van der Waals surface area contributed by atoms with Crippen LogP contribution in [0.4, 0.5) is 8.78 Å². The van der Waals surface area contributed by atoms with E-state index in [9.17, 15) is 8.78 Å². The second-order valence-electron chi connectivity index (χ2n) is 4.45. The molecule has 0 amide bonds. The zero-order chi connectivity index (χ0) is 13.8. The molecule has 1 nitrogen and oxygen atoms in total. The fraction of sp³-hybridized carbons (Fsp3) is 0.125. The number of rotatable bonds is 3. The summed E-state index contributed by atoms with van der Waals surface area (Å²) in [5, 5.41) is 0. The van der Waals surface area contributed by atoms with E-state index in [-0.39, 0.29) is 5.75 Å². The van der Waals surface area contributed by atoms with Crippen LogP contribution in [-0.2, 0) is 0 Å². The van der Waals surface area contributed by atoms with Crippen LogP contribution in [0.3, 0.4) is 0 Å². The van der Waals surface area contributed by atoms with Gasteiger partial charge in [0.15, 0.2) is 17.4 Å². The van der Waals surface area contributed by atoms with Crippen molar-refractivity contribution in [2.45, 2.75) is 13.8 Å². The van der Waals surface area contributed by atoms with E-state index in [2.05, 4.69) is 0 Å². The number of hydrogen-bond donors (Lipinski definition) is 0. The summed E-state index contributed by atoms with van der Waals surface area (Å²) in [5.74, 6) is -1.40. The molecular formula is C16H14F2O. The molecule has 0 N–H and O–H groups in total. The lowest BCUT2D eigenvalue weighted by Gasteiger charge is -2.08. The minimum Gasteiger partial charge on any atom is -0.451 e. The first-order valence-electron chi connectivity index (χ1n) is 5.93. The van der Waals surface area contributed by atoms with Crippen LogP contribution in [0.2, 0.25) is 0 Å². The molecule has 0 atom stereocenters. The third kappa shape index (κ3) is 3.41. The lowest BCUT2D eigenvalue weighted by atomic mass is 10.1. The van der Waals surface area contributed by atoms with E-state index in [1.807, 2.05) is 13.8 Å². The lowest BCUT2D eigenvalue weighted by Crippen LogP contribution is -1.94. The van der Waals surface area contributed by atoms with E-state index in [0.717, 1.165) is 5.57 Å². The van der Waals surface area contributed by atoms with Gasteiger partial charge in [-0.1, -0.05) is 29.8 Å². The number of ether oxygens (including phenoxy) is 1. The number of hydrogen-bond acceptors (Lipinski definition) is 1. The van der Waals surface area contributed by atoms with E-state index < -0.39 is 11.6 Å². The molecule has 0 unspecified atom stereocenters. The van der Waals surface area contributed by atoms with Gasteiger partial charge in [-0.25, -0.2) is 8.78 Å². The third-order valence-electron chi connectivity index (χ3n) is 2.44. The molecule has 0 radical (unpaired) electrons. The van der Waals surface area contributed by atoms with E-state index in [1.165, 1.54) is 12.1 Å². The molecular weight excluding hydrogens is 246 g/mol. The van der Waals surface area contributed by atoms with Gasteiger partial charge in [0.2, 0.25) is 0 Å². The smallest absolute Gasteiger partial charge is 0.198 e. The highest BCUT2D eigenvalue weighted by Gasteiger charge is 2.12. The molecule has 0 aliphatic heterocycles. The summed E-state index contributed by atoms with van der Waals surface area (Å²) in [5.41, 5.74) is 1.45. The van der Waals surface area contributed by atoms with Gasteiger partial charge in [-0.2, -0.15) is 0 Å². The van der Waals surface area contributed by atoms with Crippen LogP contribution in [0.25, 0.3) is 6.08 Å². The van der Waals surface area contributed by atoms with Crippen molar-refractivity contribution in [2.75, 3.05) is 0 Å². The van der Waals surface area contributed by atoms with E-state index in [0.29, 0.717) is 11.3 Å². The largest absolute Gasteiger partial charge is 0.451 e. The topological polar surface area (TPSA) is 9.23 Å². The van der Waals surface area contributed by atoms with Crippen molar-refractivity contribution in [3.63, 3.8) is 0 Å². The van der Waals surface area contributed by atoms with Gasteiger partial charge in [-0.3, -0.25) is 0 Å². The highest BCUT2D eigenvalue weighted by atomic mass is 19.1. The van der Waals surface area contributed by atoms with Crippen LogP contribution < -0.4 is 4.74 Å². The van der Waals surface area contributed by atoms with Crippen molar-refractivity contribution in [3.05, 3.63) is 65.2 Å². The Kier molecular flexibility index (Phi) is 3.95. The summed E-state index contributed by atoms with van der Waals surface area (Å²) in [6.07, 6.45) is 1.71. The van der Waals surface area contributed by atoms with Crippen LogP contribution in [0.1, 0.15) is 19.4 Å². The second kappa shape index (κ2) is 5.65. The summed E-state index contributed by atoms with van der Waals surface area (Å²) in [7, 11) is 0. The maximum atomic E-state index is 13.9. The van der Waals surface area contributed by atoms with Gasteiger partial charge >= 0.3 is 0 Å². The quantitative estimate of drug-likeness (QED) is 0.738. The Bertz CT molecular complexity index is 576. The summed E-state index contributed by atoms with van der Waals surface area (Å²) in [4.78, 5) is 0. The Morgan fingerprint density at radius 3 is 2.11 bits per heavy atom. The van der Waals surface area contributed by atoms with Gasteiger partial charge in [-0.05, 0) is 43.7 Å². The first kappa shape index (κ1) is 13.3. The fourth-order valence-electron chi connectivity index (χ4n) is 1.70. The molecule has 0 saturated carbocycles. The van der Waals surface area contributed by atoms with Crippen molar-refractivity contribution in [3.8, 4) is 11.5 Å². The van der Waals surface area contributed by atoms with E-state index >= 15 is 0 Å². The Morgan fingerprint density at radius 1 is 1.00 bits per heavy atom. The predicted molar refractivity (Wildman–Crippen MR) is 72.2 cm³/mol. The summed E-state index contributed by atoms with van der Waals surface area (Å²) >= 11 is 0. The van der Waals surface area contributed by atoms with Gasteiger partial charge < -0.3 is 4.74 Å².